The van der Waals surface area contributed by atoms with E-state index in [-0.39, 0.29) is 19.6 Å². The first kappa shape index (κ1) is 21.0. The Hall–Kier alpha value is -3.34. The molecule has 0 saturated heterocycles. The summed E-state index contributed by atoms with van der Waals surface area (Å²) in [6.45, 7) is -0.0534. The topological polar surface area (TPSA) is 60.3 Å². The van der Waals surface area contributed by atoms with Crippen molar-refractivity contribution in [1.29, 1.82) is 0 Å². The van der Waals surface area contributed by atoms with Gasteiger partial charge in [0.25, 0.3) is 0 Å². The Balaban J connectivity index is 2.00. The van der Waals surface area contributed by atoms with Crippen molar-refractivity contribution < 1.29 is 27.4 Å². The molecule has 0 aliphatic rings. The molecule has 0 saturated carbocycles. The number of hydrogen-bond acceptors (Lipinski definition) is 5. The summed E-state index contributed by atoms with van der Waals surface area (Å²) in [7, 11) is 1.53. The summed E-state index contributed by atoms with van der Waals surface area (Å²) in [5, 5.41) is 7.57. The summed E-state index contributed by atoms with van der Waals surface area (Å²) in [6.07, 6.45) is 0.625. The zero-order valence-corrected chi connectivity index (χ0v) is 15.0. The highest BCUT2D eigenvalue weighted by Crippen LogP contribution is 2.29. The fourth-order valence-electron chi connectivity index (χ4n) is 2.28. The van der Waals surface area contributed by atoms with E-state index >= 15 is 0 Å². The summed E-state index contributed by atoms with van der Waals surface area (Å²) >= 11 is 0. The molecular formula is C20H17F3N2O3. The average Bonchev–Trinajstić information content (AvgIpc) is 2.65. The van der Waals surface area contributed by atoms with Gasteiger partial charge >= 0.3 is 12.1 Å². The Morgan fingerprint density at radius 1 is 1.18 bits per heavy atom. The van der Waals surface area contributed by atoms with Gasteiger partial charge in [0.2, 0.25) is 0 Å². The number of nitrogens with zero attached hydrogens (tertiary/aromatic N) is 2. The van der Waals surface area contributed by atoms with Crippen LogP contribution in [-0.2, 0) is 28.7 Å². The predicted octanol–water partition coefficient (Wildman–Crippen LogP) is 4.72. The van der Waals surface area contributed by atoms with Gasteiger partial charge in [-0.2, -0.15) is 23.4 Å². The fraction of sp³-hybridized carbons (Fsp3) is 0.250. The molecule has 2 aromatic carbocycles. The number of carbonyl (C=O) groups is 1. The lowest BCUT2D eigenvalue weighted by Gasteiger charge is -2.11. The van der Waals surface area contributed by atoms with Gasteiger partial charge in [-0.25, -0.2) is 0 Å². The van der Waals surface area contributed by atoms with E-state index in [2.05, 4.69) is 16.1 Å². The highest BCUT2D eigenvalue weighted by Gasteiger charge is 2.30. The predicted molar refractivity (Wildman–Crippen MR) is 96.2 cm³/mol. The van der Waals surface area contributed by atoms with Gasteiger partial charge in [-0.05, 0) is 29.8 Å². The van der Waals surface area contributed by atoms with E-state index in [9.17, 15) is 18.0 Å². The second kappa shape index (κ2) is 9.55. The van der Waals surface area contributed by atoms with E-state index in [0.29, 0.717) is 22.6 Å². The van der Waals surface area contributed by atoms with Crippen molar-refractivity contribution in [3.05, 3.63) is 59.2 Å². The number of carbonyl (C=O) groups excluding carboxylic acids is 1. The second-order valence-corrected chi connectivity index (χ2v) is 5.62. The van der Waals surface area contributed by atoms with Crippen LogP contribution in [0.15, 0.2) is 52.7 Å². The molecule has 0 unspecified atom stereocenters. The van der Waals surface area contributed by atoms with Crippen molar-refractivity contribution in [2.75, 3.05) is 13.7 Å². The molecule has 2 aromatic rings. The Bertz CT molecular complexity index is 885. The zero-order chi connectivity index (χ0) is 20.6. The molecule has 8 heteroatoms. The molecule has 0 bridgehead atoms. The minimum atomic E-state index is -4.42. The van der Waals surface area contributed by atoms with Crippen molar-refractivity contribution in [3.63, 3.8) is 0 Å². The molecule has 0 atom stereocenters. The van der Waals surface area contributed by atoms with Crippen LogP contribution in [0.25, 0.3) is 0 Å². The van der Waals surface area contributed by atoms with Crippen molar-refractivity contribution in [2.24, 2.45) is 10.2 Å². The first-order valence-corrected chi connectivity index (χ1v) is 8.14. The van der Waals surface area contributed by atoms with Crippen LogP contribution >= 0.6 is 0 Å². The van der Waals surface area contributed by atoms with Crippen LogP contribution in [0.3, 0.4) is 0 Å². The molecule has 28 heavy (non-hydrogen) atoms. The second-order valence-electron chi connectivity index (χ2n) is 5.62. The highest BCUT2D eigenvalue weighted by atomic mass is 19.4. The van der Waals surface area contributed by atoms with Gasteiger partial charge in [0.1, 0.15) is 19.0 Å². The number of halogens is 3. The molecule has 0 fully saturated rings. The van der Waals surface area contributed by atoms with Crippen molar-refractivity contribution in [1.82, 2.24) is 0 Å². The van der Waals surface area contributed by atoms with Crippen molar-refractivity contribution >= 4 is 11.7 Å². The number of terminal acetylenes is 1. The quantitative estimate of drug-likeness (QED) is 0.391. The number of esters is 1. The number of ether oxygens (including phenoxy) is 2. The molecule has 0 amide bonds. The average molecular weight is 390 g/mol. The van der Waals surface area contributed by atoms with Crippen LogP contribution in [0.1, 0.15) is 16.7 Å². The maximum absolute atomic E-state index is 12.6. The Kier molecular flexibility index (Phi) is 7.15. The third-order valence-corrected chi connectivity index (χ3v) is 3.60. The standard InChI is InChI=1S/C20H17F3N2O3/c1-3-10-27-18-12-17(25-24-2)9-6-15(18)13-28-19(26)11-14-4-7-16(8-5-14)20(21,22)23/h1,4-9,12H,10-11,13H2,2H3. The Morgan fingerprint density at radius 3 is 2.50 bits per heavy atom. The van der Waals surface area contributed by atoms with Crippen LogP contribution in [0.2, 0.25) is 0 Å². The molecule has 146 valence electrons. The lowest BCUT2D eigenvalue weighted by molar-refractivity contribution is -0.144. The van der Waals surface area contributed by atoms with Gasteiger partial charge in [0, 0.05) is 18.7 Å². The molecule has 5 nitrogen and oxygen atoms in total. The van der Waals surface area contributed by atoms with Gasteiger partial charge in [-0.1, -0.05) is 18.1 Å². The molecule has 0 N–H and O–H groups in total. The van der Waals surface area contributed by atoms with Gasteiger partial charge in [0.15, 0.2) is 0 Å². The van der Waals surface area contributed by atoms with Crippen LogP contribution in [-0.4, -0.2) is 19.6 Å². The lowest BCUT2D eigenvalue weighted by Crippen LogP contribution is -2.10. The van der Waals surface area contributed by atoms with E-state index in [4.69, 9.17) is 15.9 Å². The molecule has 0 aliphatic carbocycles. The highest BCUT2D eigenvalue weighted by molar-refractivity contribution is 5.72. The Morgan fingerprint density at radius 2 is 1.89 bits per heavy atom. The van der Waals surface area contributed by atoms with Crippen LogP contribution < -0.4 is 4.74 Å². The van der Waals surface area contributed by atoms with Gasteiger partial charge in [0.05, 0.1) is 17.7 Å². The maximum Gasteiger partial charge on any atom is 0.416 e. The molecule has 0 aliphatic heterocycles. The smallest absolute Gasteiger partial charge is 0.416 e. The fourth-order valence-corrected chi connectivity index (χ4v) is 2.28. The summed E-state index contributed by atoms with van der Waals surface area (Å²) in [6, 6.07) is 9.30. The van der Waals surface area contributed by atoms with E-state index in [1.54, 1.807) is 18.2 Å². The monoisotopic (exact) mass is 390 g/mol. The molecular weight excluding hydrogens is 373 g/mol. The Labute approximate surface area is 160 Å². The van der Waals surface area contributed by atoms with E-state index in [1.807, 2.05) is 0 Å². The number of azo groups is 1. The first-order chi connectivity index (χ1) is 13.3. The van der Waals surface area contributed by atoms with Crippen LogP contribution in [0.5, 0.6) is 5.75 Å². The minimum absolute atomic E-state index is 0.0270. The molecule has 0 spiro atoms. The molecule has 0 aromatic heterocycles. The largest absolute Gasteiger partial charge is 0.480 e. The van der Waals surface area contributed by atoms with E-state index < -0.39 is 17.7 Å². The summed E-state index contributed by atoms with van der Waals surface area (Å²) in [5.41, 5.74) is 0.769. The van der Waals surface area contributed by atoms with Gasteiger partial charge in [-0.3, -0.25) is 4.79 Å². The van der Waals surface area contributed by atoms with E-state index in [0.717, 1.165) is 12.1 Å². The van der Waals surface area contributed by atoms with Gasteiger partial charge in [-0.15, -0.1) is 6.42 Å². The number of rotatable bonds is 7. The van der Waals surface area contributed by atoms with Crippen LogP contribution in [0.4, 0.5) is 18.9 Å². The summed E-state index contributed by atoms with van der Waals surface area (Å²) < 4.78 is 48.3. The first-order valence-electron chi connectivity index (χ1n) is 8.14. The SMILES string of the molecule is C#CCOc1cc(N=NC)ccc1COC(=O)Cc1ccc(C(F)(F)F)cc1. The number of hydrogen-bond donors (Lipinski definition) is 0. The number of benzene rings is 2. The van der Waals surface area contributed by atoms with E-state index in [1.165, 1.54) is 19.2 Å². The maximum atomic E-state index is 12.6. The third-order valence-electron chi connectivity index (χ3n) is 3.60. The van der Waals surface area contributed by atoms with Crippen molar-refractivity contribution in [3.8, 4) is 18.1 Å². The molecule has 0 radical (unpaired) electrons. The zero-order valence-electron chi connectivity index (χ0n) is 15.0. The molecule has 2 rings (SSSR count). The lowest BCUT2D eigenvalue weighted by atomic mass is 10.1. The van der Waals surface area contributed by atoms with Crippen LogP contribution in [0, 0.1) is 12.3 Å². The van der Waals surface area contributed by atoms with Crippen molar-refractivity contribution in [2.45, 2.75) is 19.2 Å². The normalized spacial score (nSPS) is 11.2. The minimum Gasteiger partial charge on any atom is -0.480 e. The van der Waals surface area contributed by atoms with Gasteiger partial charge < -0.3 is 9.47 Å². The molecule has 0 heterocycles. The number of alkyl halides is 3. The summed E-state index contributed by atoms with van der Waals surface area (Å²) in [4.78, 5) is 12.0. The summed E-state index contributed by atoms with van der Waals surface area (Å²) in [5.74, 6) is 2.17. The third kappa shape index (κ3) is 6.13.